The van der Waals surface area contributed by atoms with Crippen molar-refractivity contribution < 1.29 is 27.9 Å². The number of halogens is 3. The molecule has 0 aliphatic heterocycles. The number of thioether (sulfide) groups is 1. The molecular formula is C20H20F3N3O3S. The van der Waals surface area contributed by atoms with Crippen LogP contribution in [0.3, 0.4) is 0 Å². The number of phenols is 1. The summed E-state index contributed by atoms with van der Waals surface area (Å²) in [4.78, 5) is 24.8. The number of nitrogens with one attached hydrogen (secondary N) is 2. The minimum absolute atomic E-state index is 0.0116. The first-order chi connectivity index (χ1) is 14.2. The van der Waals surface area contributed by atoms with Gasteiger partial charge in [0.2, 0.25) is 0 Å². The number of rotatable bonds is 8. The molecule has 0 saturated heterocycles. The first kappa shape index (κ1) is 23.3. The highest BCUT2D eigenvalue weighted by molar-refractivity contribution is 7.98. The third kappa shape index (κ3) is 7.11. The Bertz CT molecular complexity index is 885. The summed E-state index contributed by atoms with van der Waals surface area (Å²) in [5.74, 6) is -0.543. The van der Waals surface area contributed by atoms with E-state index in [-0.39, 0.29) is 11.3 Å². The van der Waals surface area contributed by atoms with Gasteiger partial charge in [0.1, 0.15) is 11.8 Å². The zero-order valence-electron chi connectivity index (χ0n) is 15.9. The molecule has 160 valence electrons. The second-order valence-corrected chi connectivity index (χ2v) is 7.19. The van der Waals surface area contributed by atoms with Crippen LogP contribution in [0.25, 0.3) is 0 Å². The van der Waals surface area contributed by atoms with Crippen molar-refractivity contribution in [3.63, 3.8) is 0 Å². The predicted octanol–water partition coefficient (Wildman–Crippen LogP) is 3.41. The number of nitrogens with zero attached hydrogens (tertiary/aromatic N) is 1. The maximum Gasteiger partial charge on any atom is 0.416 e. The maximum atomic E-state index is 12.7. The van der Waals surface area contributed by atoms with Crippen molar-refractivity contribution in [3.05, 3.63) is 65.2 Å². The SMILES string of the molecule is CSCCC(NC(=O)c1ccc(C(F)(F)F)cc1)C(=O)N/N=C/c1ccc(O)cc1. The van der Waals surface area contributed by atoms with Crippen LogP contribution in [-0.4, -0.2) is 41.2 Å². The van der Waals surface area contributed by atoms with Gasteiger partial charge in [-0.05, 0) is 72.5 Å². The number of hydrogen-bond acceptors (Lipinski definition) is 5. The molecular weight excluding hydrogens is 419 g/mol. The van der Waals surface area contributed by atoms with Crippen LogP contribution in [0.2, 0.25) is 0 Å². The lowest BCUT2D eigenvalue weighted by atomic mass is 10.1. The van der Waals surface area contributed by atoms with Crippen molar-refractivity contribution in [3.8, 4) is 5.75 Å². The molecule has 0 saturated carbocycles. The Balaban J connectivity index is 2.02. The van der Waals surface area contributed by atoms with Crippen LogP contribution in [0.4, 0.5) is 13.2 Å². The van der Waals surface area contributed by atoms with Gasteiger partial charge in [-0.3, -0.25) is 9.59 Å². The molecule has 1 unspecified atom stereocenters. The predicted molar refractivity (Wildman–Crippen MR) is 110 cm³/mol. The van der Waals surface area contributed by atoms with Gasteiger partial charge in [-0.1, -0.05) is 0 Å². The minimum atomic E-state index is -4.49. The fourth-order valence-corrected chi connectivity index (χ4v) is 2.84. The van der Waals surface area contributed by atoms with E-state index in [1.807, 2.05) is 6.26 Å². The molecule has 0 fully saturated rings. The molecule has 2 rings (SSSR count). The number of aromatic hydroxyl groups is 1. The van der Waals surface area contributed by atoms with E-state index in [1.165, 1.54) is 30.1 Å². The quantitative estimate of drug-likeness (QED) is 0.434. The van der Waals surface area contributed by atoms with Crippen molar-refractivity contribution >= 4 is 29.8 Å². The molecule has 0 aliphatic rings. The fourth-order valence-electron chi connectivity index (χ4n) is 2.37. The van der Waals surface area contributed by atoms with Crippen LogP contribution in [0.5, 0.6) is 5.75 Å². The Morgan fingerprint density at radius 3 is 2.33 bits per heavy atom. The highest BCUT2D eigenvalue weighted by Gasteiger charge is 2.30. The smallest absolute Gasteiger partial charge is 0.416 e. The number of amides is 2. The van der Waals surface area contributed by atoms with E-state index >= 15 is 0 Å². The van der Waals surface area contributed by atoms with Gasteiger partial charge in [0.15, 0.2) is 0 Å². The van der Waals surface area contributed by atoms with Gasteiger partial charge in [-0.2, -0.15) is 30.0 Å². The molecule has 3 N–H and O–H groups in total. The minimum Gasteiger partial charge on any atom is -0.508 e. The molecule has 6 nitrogen and oxygen atoms in total. The van der Waals surface area contributed by atoms with E-state index in [2.05, 4.69) is 15.8 Å². The Hall–Kier alpha value is -3.01. The number of benzene rings is 2. The third-order valence-corrected chi connectivity index (χ3v) is 4.63. The van der Waals surface area contributed by atoms with Crippen molar-refractivity contribution in [1.29, 1.82) is 0 Å². The van der Waals surface area contributed by atoms with Gasteiger partial charge in [-0.25, -0.2) is 5.43 Å². The Labute approximate surface area is 175 Å². The lowest BCUT2D eigenvalue weighted by Crippen LogP contribution is -2.45. The van der Waals surface area contributed by atoms with Gasteiger partial charge in [-0.15, -0.1) is 0 Å². The first-order valence-electron chi connectivity index (χ1n) is 8.79. The Morgan fingerprint density at radius 2 is 1.77 bits per heavy atom. The van der Waals surface area contributed by atoms with Gasteiger partial charge >= 0.3 is 6.18 Å². The number of carbonyl (C=O) groups is 2. The highest BCUT2D eigenvalue weighted by atomic mass is 32.2. The summed E-state index contributed by atoms with van der Waals surface area (Å²) in [6.07, 6.45) is -0.963. The number of phenolic OH excluding ortho intramolecular Hbond substituents is 1. The summed E-state index contributed by atoms with van der Waals surface area (Å²) in [5, 5.41) is 15.6. The van der Waals surface area contributed by atoms with Gasteiger partial charge in [0.05, 0.1) is 11.8 Å². The largest absolute Gasteiger partial charge is 0.508 e. The zero-order valence-corrected chi connectivity index (χ0v) is 16.8. The number of hydrazone groups is 1. The van der Waals surface area contributed by atoms with Gasteiger partial charge in [0, 0.05) is 5.56 Å². The highest BCUT2D eigenvalue weighted by Crippen LogP contribution is 2.29. The molecule has 2 aromatic rings. The van der Waals surface area contributed by atoms with Crippen molar-refractivity contribution in [1.82, 2.24) is 10.7 Å². The lowest BCUT2D eigenvalue weighted by molar-refractivity contribution is -0.137. The Morgan fingerprint density at radius 1 is 1.13 bits per heavy atom. The van der Waals surface area contributed by atoms with Crippen LogP contribution >= 0.6 is 11.8 Å². The van der Waals surface area contributed by atoms with Crippen LogP contribution in [-0.2, 0) is 11.0 Å². The van der Waals surface area contributed by atoms with E-state index in [1.54, 1.807) is 12.1 Å². The van der Waals surface area contributed by atoms with Crippen LogP contribution in [0, 0.1) is 0 Å². The Kier molecular flexibility index (Phi) is 8.28. The summed E-state index contributed by atoms with van der Waals surface area (Å²) >= 11 is 1.48. The van der Waals surface area contributed by atoms with Crippen molar-refractivity contribution in [2.45, 2.75) is 18.6 Å². The zero-order chi connectivity index (χ0) is 22.1. The van der Waals surface area contributed by atoms with E-state index in [0.717, 1.165) is 24.3 Å². The van der Waals surface area contributed by atoms with Gasteiger partial charge < -0.3 is 10.4 Å². The van der Waals surface area contributed by atoms with E-state index in [9.17, 15) is 27.9 Å². The maximum absolute atomic E-state index is 12.7. The summed E-state index contributed by atoms with van der Waals surface area (Å²) in [6.45, 7) is 0. The molecule has 0 aromatic heterocycles. The van der Waals surface area contributed by atoms with E-state index < -0.39 is 29.6 Å². The standard InChI is InChI=1S/C20H20F3N3O3S/c1-30-11-10-17(19(29)26-24-12-13-2-8-16(27)9-3-13)25-18(28)14-4-6-15(7-5-14)20(21,22)23/h2-9,12,17,27H,10-11H2,1H3,(H,25,28)(H,26,29)/b24-12+. The monoisotopic (exact) mass is 439 g/mol. The third-order valence-electron chi connectivity index (χ3n) is 3.99. The molecule has 30 heavy (non-hydrogen) atoms. The van der Waals surface area contributed by atoms with Crippen molar-refractivity contribution in [2.75, 3.05) is 12.0 Å². The number of alkyl halides is 3. The molecule has 2 aromatic carbocycles. The summed E-state index contributed by atoms with van der Waals surface area (Å²) in [5.41, 5.74) is 2.13. The topological polar surface area (TPSA) is 90.8 Å². The summed E-state index contributed by atoms with van der Waals surface area (Å²) < 4.78 is 38.0. The molecule has 0 bridgehead atoms. The van der Waals surface area contributed by atoms with Crippen molar-refractivity contribution in [2.24, 2.45) is 5.10 Å². The molecule has 1 atom stereocenters. The number of hydrogen-bond donors (Lipinski definition) is 3. The fraction of sp³-hybridized carbons (Fsp3) is 0.250. The van der Waals surface area contributed by atoms with Gasteiger partial charge in [0.25, 0.3) is 11.8 Å². The van der Waals surface area contributed by atoms with Crippen LogP contribution in [0.1, 0.15) is 27.9 Å². The van der Waals surface area contributed by atoms with Crippen LogP contribution < -0.4 is 10.7 Å². The molecule has 0 spiro atoms. The second kappa shape index (κ2) is 10.7. The summed E-state index contributed by atoms with van der Waals surface area (Å²) in [7, 11) is 0. The normalized spacial score (nSPS) is 12.5. The van der Waals surface area contributed by atoms with Crippen LogP contribution in [0.15, 0.2) is 53.6 Å². The van der Waals surface area contributed by atoms with E-state index in [0.29, 0.717) is 17.7 Å². The average molecular weight is 439 g/mol. The molecule has 10 heteroatoms. The molecule has 0 radical (unpaired) electrons. The lowest BCUT2D eigenvalue weighted by Gasteiger charge is -2.17. The molecule has 0 aliphatic carbocycles. The van der Waals surface area contributed by atoms with E-state index in [4.69, 9.17) is 0 Å². The average Bonchev–Trinajstić information content (AvgIpc) is 2.71. The summed E-state index contributed by atoms with van der Waals surface area (Å²) in [6, 6.07) is 8.97. The molecule has 2 amide bonds. The first-order valence-corrected chi connectivity index (χ1v) is 10.2. The number of carbonyl (C=O) groups excluding carboxylic acids is 2. The second-order valence-electron chi connectivity index (χ2n) is 6.21. The molecule has 0 heterocycles.